The van der Waals surface area contributed by atoms with Gasteiger partial charge in [-0.2, -0.15) is 0 Å². The summed E-state index contributed by atoms with van der Waals surface area (Å²) in [6.07, 6.45) is 0.297. The summed E-state index contributed by atoms with van der Waals surface area (Å²) in [5.41, 5.74) is 1.95. The lowest BCUT2D eigenvalue weighted by Crippen LogP contribution is -2.31. The molecule has 2 aromatic rings. The van der Waals surface area contributed by atoms with Gasteiger partial charge >= 0.3 is 0 Å². The number of hydrogen-bond donors (Lipinski definition) is 1. The fraction of sp³-hybridized carbons (Fsp3) is 0.350. The number of carbonyl (C=O) groups excluding carboxylic acids is 1. The monoisotopic (exact) mass is 404 g/mol. The summed E-state index contributed by atoms with van der Waals surface area (Å²) in [5, 5.41) is 0. The van der Waals surface area contributed by atoms with E-state index in [0.29, 0.717) is 18.7 Å². The summed E-state index contributed by atoms with van der Waals surface area (Å²) in [6.45, 7) is 2.62. The highest BCUT2D eigenvalue weighted by atomic mass is 32.2. The molecule has 1 saturated heterocycles. The number of nitrogens with zero attached hydrogens (tertiary/aromatic N) is 1. The molecule has 0 bridgehead atoms. The Bertz CT molecular complexity index is 957. The molecule has 1 fully saturated rings. The first-order valence-electron chi connectivity index (χ1n) is 8.93. The lowest BCUT2D eigenvalue weighted by atomic mass is 10.1. The number of rotatable bonds is 7. The van der Waals surface area contributed by atoms with Crippen molar-refractivity contribution >= 4 is 21.6 Å². The van der Waals surface area contributed by atoms with Crippen LogP contribution >= 0.6 is 0 Å². The van der Waals surface area contributed by atoms with E-state index < -0.39 is 10.0 Å². The minimum Gasteiger partial charge on any atom is -0.497 e. The molecule has 0 aromatic heterocycles. The zero-order valence-electron chi connectivity index (χ0n) is 16.1. The van der Waals surface area contributed by atoms with Crippen molar-refractivity contribution in [3.8, 4) is 11.5 Å². The van der Waals surface area contributed by atoms with Crippen LogP contribution < -0.4 is 19.1 Å². The number of methoxy groups -OCH3 is 2. The van der Waals surface area contributed by atoms with Crippen LogP contribution in [0.15, 0.2) is 47.4 Å². The molecule has 1 aliphatic rings. The van der Waals surface area contributed by atoms with Crippen molar-refractivity contribution in [2.75, 3.05) is 32.2 Å². The standard InChI is InChI=1S/C20H24N2O5S/c1-14-4-6-16(7-5-14)22-13-15(10-20(22)23)12-21-28(24,25)19-11-17(26-2)8-9-18(19)27-3/h4-9,11,15,21H,10,12-13H2,1-3H3. The van der Waals surface area contributed by atoms with Crippen molar-refractivity contribution in [3.63, 3.8) is 0 Å². The van der Waals surface area contributed by atoms with E-state index >= 15 is 0 Å². The quantitative estimate of drug-likeness (QED) is 0.766. The number of sulfonamides is 1. The van der Waals surface area contributed by atoms with E-state index in [-0.39, 0.29) is 29.0 Å². The summed E-state index contributed by atoms with van der Waals surface area (Å²) in [4.78, 5) is 14.1. The van der Waals surface area contributed by atoms with Crippen LogP contribution in [0.4, 0.5) is 5.69 Å². The molecule has 0 spiro atoms. The summed E-state index contributed by atoms with van der Waals surface area (Å²) in [6, 6.07) is 12.3. The molecule has 1 N–H and O–H groups in total. The highest BCUT2D eigenvalue weighted by Crippen LogP contribution is 2.29. The molecule has 0 radical (unpaired) electrons. The highest BCUT2D eigenvalue weighted by molar-refractivity contribution is 7.89. The third kappa shape index (κ3) is 4.28. The maximum atomic E-state index is 12.8. The van der Waals surface area contributed by atoms with Crippen LogP contribution in [0.3, 0.4) is 0 Å². The number of benzene rings is 2. The van der Waals surface area contributed by atoms with Crippen molar-refractivity contribution in [2.45, 2.75) is 18.2 Å². The Kier molecular flexibility index (Phi) is 5.90. The SMILES string of the molecule is COc1ccc(OC)c(S(=O)(=O)NCC2CC(=O)N(c3ccc(C)cc3)C2)c1. The van der Waals surface area contributed by atoms with Crippen LogP contribution in [0.2, 0.25) is 0 Å². The Hall–Kier alpha value is -2.58. The Morgan fingerprint density at radius 1 is 1.11 bits per heavy atom. The van der Waals surface area contributed by atoms with Crippen molar-refractivity contribution in [1.29, 1.82) is 0 Å². The van der Waals surface area contributed by atoms with E-state index in [1.165, 1.54) is 20.3 Å². The zero-order chi connectivity index (χ0) is 20.3. The molecule has 8 heteroatoms. The number of aryl methyl sites for hydroxylation is 1. The normalized spacial score (nSPS) is 17.0. The van der Waals surface area contributed by atoms with E-state index in [4.69, 9.17) is 9.47 Å². The number of carbonyl (C=O) groups is 1. The van der Waals surface area contributed by atoms with Crippen molar-refractivity contribution in [2.24, 2.45) is 5.92 Å². The van der Waals surface area contributed by atoms with Crippen LogP contribution in [0.1, 0.15) is 12.0 Å². The second kappa shape index (κ2) is 8.20. The van der Waals surface area contributed by atoms with Crippen LogP contribution in [0.5, 0.6) is 11.5 Å². The number of hydrogen-bond acceptors (Lipinski definition) is 5. The summed E-state index contributed by atoms with van der Waals surface area (Å²) >= 11 is 0. The van der Waals surface area contributed by atoms with E-state index in [0.717, 1.165) is 11.3 Å². The third-order valence-corrected chi connectivity index (χ3v) is 6.22. The molecular weight excluding hydrogens is 380 g/mol. The van der Waals surface area contributed by atoms with Gasteiger partial charge in [0.15, 0.2) is 0 Å². The Morgan fingerprint density at radius 2 is 1.82 bits per heavy atom. The topological polar surface area (TPSA) is 84.9 Å². The van der Waals surface area contributed by atoms with Crippen LogP contribution in [-0.4, -0.2) is 41.6 Å². The highest BCUT2D eigenvalue weighted by Gasteiger charge is 2.32. The van der Waals surface area contributed by atoms with Gasteiger partial charge in [0.1, 0.15) is 16.4 Å². The maximum Gasteiger partial charge on any atom is 0.244 e. The third-order valence-electron chi connectivity index (χ3n) is 4.77. The molecule has 150 valence electrons. The van der Waals surface area contributed by atoms with Crippen LogP contribution in [0.25, 0.3) is 0 Å². The van der Waals surface area contributed by atoms with Gasteiger partial charge in [-0.1, -0.05) is 17.7 Å². The van der Waals surface area contributed by atoms with E-state index in [2.05, 4.69) is 4.72 Å². The number of amides is 1. The molecule has 7 nitrogen and oxygen atoms in total. The van der Waals surface area contributed by atoms with Crippen LogP contribution in [0, 0.1) is 12.8 Å². The average molecular weight is 404 g/mol. The second-order valence-electron chi connectivity index (χ2n) is 6.78. The van der Waals surface area contributed by atoms with E-state index in [1.54, 1.807) is 17.0 Å². The van der Waals surface area contributed by atoms with Crippen molar-refractivity contribution in [3.05, 3.63) is 48.0 Å². The molecule has 1 aliphatic heterocycles. The Balaban J connectivity index is 1.70. The maximum absolute atomic E-state index is 12.8. The van der Waals surface area contributed by atoms with Gasteiger partial charge in [0.25, 0.3) is 0 Å². The molecule has 2 aromatic carbocycles. The Labute approximate surface area is 165 Å². The minimum atomic E-state index is -3.81. The first-order valence-corrected chi connectivity index (χ1v) is 10.4. The van der Waals surface area contributed by atoms with E-state index in [1.807, 2.05) is 31.2 Å². The number of nitrogens with one attached hydrogen (secondary N) is 1. The fourth-order valence-corrected chi connectivity index (χ4v) is 4.49. The molecule has 0 aliphatic carbocycles. The zero-order valence-corrected chi connectivity index (χ0v) is 17.0. The number of ether oxygens (including phenoxy) is 2. The van der Waals surface area contributed by atoms with Gasteiger partial charge in [0.2, 0.25) is 15.9 Å². The first kappa shape index (κ1) is 20.2. The largest absolute Gasteiger partial charge is 0.497 e. The van der Waals surface area contributed by atoms with Gasteiger partial charge < -0.3 is 14.4 Å². The van der Waals surface area contributed by atoms with Gasteiger partial charge in [-0.25, -0.2) is 13.1 Å². The van der Waals surface area contributed by atoms with Gasteiger partial charge in [0.05, 0.1) is 14.2 Å². The van der Waals surface area contributed by atoms with Gasteiger partial charge in [-0.15, -0.1) is 0 Å². The van der Waals surface area contributed by atoms with Gasteiger partial charge in [0, 0.05) is 31.3 Å². The second-order valence-corrected chi connectivity index (χ2v) is 8.51. The first-order chi connectivity index (χ1) is 13.3. The lowest BCUT2D eigenvalue weighted by molar-refractivity contribution is -0.117. The molecule has 3 rings (SSSR count). The molecular formula is C20H24N2O5S. The molecule has 1 amide bonds. The Morgan fingerprint density at radius 3 is 2.46 bits per heavy atom. The van der Waals surface area contributed by atoms with E-state index in [9.17, 15) is 13.2 Å². The van der Waals surface area contributed by atoms with Crippen LogP contribution in [-0.2, 0) is 14.8 Å². The predicted molar refractivity (Wildman–Crippen MR) is 106 cm³/mol. The number of anilines is 1. The lowest BCUT2D eigenvalue weighted by Gasteiger charge is -2.17. The molecule has 0 saturated carbocycles. The molecule has 1 atom stereocenters. The predicted octanol–water partition coefficient (Wildman–Crippen LogP) is 2.34. The molecule has 28 heavy (non-hydrogen) atoms. The van der Waals surface area contributed by atoms with Crippen molar-refractivity contribution < 1.29 is 22.7 Å². The summed E-state index contributed by atoms with van der Waals surface area (Å²) in [7, 11) is -0.933. The van der Waals surface area contributed by atoms with Gasteiger partial charge in [-0.3, -0.25) is 4.79 Å². The van der Waals surface area contributed by atoms with Crippen molar-refractivity contribution in [1.82, 2.24) is 4.72 Å². The minimum absolute atomic E-state index is 0.00740. The fourth-order valence-electron chi connectivity index (χ4n) is 3.19. The molecule has 1 heterocycles. The van der Waals surface area contributed by atoms with Gasteiger partial charge in [-0.05, 0) is 37.1 Å². The molecule has 1 unspecified atom stereocenters. The average Bonchev–Trinajstić information content (AvgIpc) is 3.07. The summed E-state index contributed by atoms with van der Waals surface area (Å²) in [5.74, 6) is 0.534. The smallest absolute Gasteiger partial charge is 0.244 e. The summed E-state index contributed by atoms with van der Waals surface area (Å²) < 4.78 is 38.4.